The van der Waals surface area contributed by atoms with E-state index in [1.807, 2.05) is 43.3 Å². The summed E-state index contributed by atoms with van der Waals surface area (Å²) >= 11 is 0. The molecule has 2 aromatic heterocycles. The predicted molar refractivity (Wildman–Crippen MR) is 83.7 cm³/mol. The van der Waals surface area contributed by atoms with E-state index in [1.54, 1.807) is 18.5 Å². The third-order valence-electron chi connectivity index (χ3n) is 2.78. The van der Waals surface area contributed by atoms with Gasteiger partial charge < -0.3 is 5.73 Å². The van der Waals surface area contributed by atoms with E-state index in [1.165, 1.54) is 6.20 Å². The van der Waals surface area contributed by atoms with Gasteiger partial charge in [0.25, 0.3) is 0 Å². The van der Waals surface area contributed by atoms with Crippen molar-refractivity contribution in [3.05, 3.63) is 78.9 Å². The third kappa shape index (κ3) is 3.42. The van der Waals surface area contributed by atoms with E-state index in [0.717, 1.165) is 28.1 Å². The topological polar surface area (TPSA) is 51.8 Å². The number of rotatable bonds is 4. The molecule has 0 saturated heterocycles. The Kier molecular flexibility index (Phi) is 4.45. The highest BCUT2D eigenvalue weighted by molar-refractivity contribution is 5.72. The molecule has 0 spiro atoms. The number of aromatic nitrogens is 2. The van der Waals surface area contributed by atoms with Gasteiger partial charge in [-0.3, -0.25) is 4.98 Å². The molecule has 0 radical (unpaired) electrons. The SMILES string of the molecule is C=C(/C=C\C=C/N)c1cc(C)cc(-c2cccnc2)n1. The van der Waals surface area contributed by atoms with Crippen molar-refractivity contribution in [1.29, 1.82) is 0 Å². The van der Waals surface area contributed by atoms with Crippen molar-refractivity contribution in [2.24, 2.45) is 5.73 Å². The number of aryl methyl sites for hydroxylation is 1. The second-order valence-electron chi connectivity index (χ2n) is 4.43. The molecule has 0 atom stereocenters. The maximum absolute atomic E-state index is 5.29. The van der Waals surface area contributed by atoms with Crippen molar-refractivity contribution < 1.29 is 0 Å². The highest BCUT2D eigenvalue weighted by atomic mass is 14.7. The smallest absolute Gasteiger partial charge is 0.0727 e. The number of nitrogens with zero attached hydrogens (tertiary/aromatic N) is 2. The van der Waals surface area contributed by atoms with Gasteiger partial charge in [-0.15, -0.1) is 0 Å². The first-order valence-corrected chi connectivity index (χ1v) is 6.34. The van der Waals surface area contributed by atoms with Gasteiger partial charge in [-0.1, -0.05) is 18.7 Å². The fourth-order valence-electron chi connectivity index (χ4n) is 1.82. The second-order valence-corrected chi connectivity index (χ2v) is 4.43. The fraction of sp³-hybridized carbons (Fsp3) is 0.0588. The Balaban J connectivity index is 2.37. The van der Waals surface area contributed by atoms with E-state index in [0.29, 0.717) is 0 Å². The van der Waals surface area contributed by atoms with E-state index >= 15 is 0 Å². The van der Waals surface area contributed by atoms with E-state index in [2.05, 4.69) is 16.5 Å². The molecule has 0 aliphatic carbocycles. The van der Waals surface area contributed by atoms with Gasteiger partial charge in [-0.05, 0) is 54.6 Å². The molecule has 0 amide bonds. The Morgan fingerprint density at radius 3 is 2.85 bits per heavy atom. The van der Waals surface area contributed by atoms with Crippen LogP contribution < -0.4 is 5.73 Å². The zero-order valence-corrected chi connectivity index (χ0v) is 11.5. The molecule has 2 heterocycles. The summed E-state index contributed by atoms with van der Waals surface area (Å²) in [6, 6.07) is 7.95. The molecule has 3 nitrogen and oxygen atoms in total. The monoisotopic (exact) mass is 263 g/mol. The summed E-state index contributed by atoms with van der Waals surface area (Å²) in [5, 5.41) is 0. The number of allylic oxidation sites excluding steroid dienone is 4. The van der Waals surface area contributed by atoms with Crippen LogP contribution >= 0.6 is 0 Å². The Hall–Kier alpha value is -2.68. The molecule has 3 heteroatoms. The molecule has 20 heavy (non-hydrogen) atoms. The summed E-state index contributed by atoms with van der Waals surface area (Å²) in [5.41, 5.74) is 10.0. The van der Waals surface area contributed by atoms with E-state index in [4.69, 9.17) is 5.73 Å². The standard InChI is InChI=1S/C17H17N3/c1-13-10-16(14(2)6-3-4-8-18)20-17(11-13)15-7-5-9-19-12-15/h3-12H,2,18H2,1H3/b6-3-,8-4-. The van der Waals surface area contributed by atoms with Crippen LogP contribution in [0.25, 0.3) is 16.8 Å². The summed E-state index contributed by atoms with van der Waals surface area (Å²) < 4.78 is 0. The molecule has 0 bridgehead atoms. The minimum absolute atomic E-state index is 0.844. The van der Waals surface area contributed by atoms with Crippen LogP contribution in [-0.2, 0) is 0 Å². The van der Waals surface area contributed by atoms with E-state index < -0.39 is 0 Å². The molecule has 0 aliphatic rings. The lowest BCUT2D eigenvalue weighted by molar-refractivity contribution is 1.23. The van der Waals surface area contributed by atoms with Crippen molar-refractivity contribution >= 4 is 5.57 Å². The predicted octanol–water partition coefficient (Wildman–Crippen LogP) is 3.49. The number of pyridine rings is 2. The zero-order chi connectivity index (χ0) is 14.4. The molecule has 0 aliphatic heterocycles. The van der Waals surface area contributed by atoms with Crippen LogP contribution in [-0.4, -0.2) is 9.97 Å². The van der Waals surface area contributed by atoms with Gasteiger partial charge in [-0.2, -0.15) is 0 Å². The van der Waals surface area contributed by atoms with Crippen LogP contribution in [0, 0.1) is 6.92 Å². The van der Waals surface area contributed by atoms with Crippen LogP contribution in [0.2, 0.25) is 0 Å². The Morgan fingerprint density at radius 1 is 1.30 bits per heavy atom. The molecule has 2 rings (SSSR count). The first-order chi connectivity index (χ1) is 9.70. The number of hydrogen-bond acceptors (Lipinski definition) is 3. The van der Waals surface area contributed by atoms with Crippen molar-refractivity contribution in [2.45, 2.75) is 6.92 Å². The molecule has 0 unspecified atom stereocenters. The summed E-state index contributed by atoms with van der Waals surface area (Å²) in [6.45, 7) is 6.08. The van der Waals surface area contributed by atoms with Crippen LogP contribution in [0.4, 0.5) is 0 Å². The number of nitrogens with two attached hydrogens (primary N) is 1. The average molecular weight is 263 g/mol. The Morgan fingerprint density at radius 2 is 2.15 bits per heavy atom. The molecule has 100 valence electrons. The highest BCUT2D eigenvalue weighted by Gasteiger charge is 2.04. The minimum Gasteiger partial charge on any atom is -0.405 e. The fourth-order valence-corrected chi connectivity index (χ4v) is 1.82. The molecule has 2 aromatic rings. The van der Waals surface area contributed by atoms with Crippen LogP contribution in [0.3, 0.4) is 0 Å². The Labute approximate surface area is 119 Å². The quantitative estimate of drug-likeness (QED) is 0.859. The van der Waals surface area contributed by atoms with Crippen molar-refractivity contribution in [1.82, 2.24) is 9.97 Å². The molecule has 0 aromatic carbocycles. The molecular weight excluding hydrogens is 246 g/mol. The highest BCUT2D eigenvalue weighted by Crippen LogP contribution is 2.21. The van der Waals surface area contributed by atoms with Gasteiger partial charge >= 0.3 is 0 Å². The van der Waals surface area contributed by atoms with Crippen LogP contribution in [0.5, 0.6) is 0 Å². The van der Waals surface area contributed by atoms with Crippen LogP contribution in [0.15, 0.2) is 67.7 Å². The third-order valence-corrected chi connectivity index (χ3v) is 2.78. The maximum atomic E-state index is 5.29. The molecule has 0 saturated carbocycles. The lowest BCUT2D eigenvalue weighted by Crippen LogP contribution is -1.92. The Bertz CT molecular complexity index is 655. The lowest BCUT2D eigenvalue weighted by atomic mass is 10.1. The molecule has 2 N–H and O–H groups in total. The summed E-state index contributed by atoms with van der Waals surface area (Å²) in [6.07, 6.45) is 10.5. The summed E-state index contributed by atoms with van der Waals surface area (Å²) in [5.74, 6) is 0. The summed E-state index contributed by atoms with van der Waals surface area (Å²) in [7, 11) is 0. The van der Waals surface area contributed by atoms with Gasteiger partial charge in [0.05, 0.1) is 11.4 Å². The first kappa shape index (κ1) is 13.7. The second kappa shape index (κ2) is 6.48. The average Bonchev–Trinajstić information content (AvgIpc) is 2.47. The van der Waals surface area contributed by atoms with Gasteiger partial charge in [0.1, 0.15) is 0 Å². The van der Waals surface area contributed by atoms with Gasteiger partial charge in [0.2, 0.25) is 0 Å². The van der Waals surface area contributed by atoms with Crippen molar-refractivity contribution in [3.63, 3.8) is 0 Å². The normalized spacial score (nSPS) is 11.2. The van der Waals surface area contributed by atoms with Crippen molar-refractivity contribution in [3.8, 4) is 11.3 Å². The maximum Gasteiger partial charge on any atom is 0.0727 e. The first-order valence-electron chi connectivity index (χ1n) is 6.34. The largest absolute Gasteiger partial charge is 0.405 e. The van der Waals surface area contributed by atoms with Gasteiger partial charge in [0.15, 0.2) is 0 Å². The summed E-state index contributed by atoms with van der Waals surface area (Å²) in [4.78, 5) is 8.76. The minimum atomic E-state index is 0.844. The lowest BCUT2D eigenvalue weighted by Gasteiger charge is -2.06. The molecule has 0 fully saturated rings. The van der Waals surface area contributed by atoms with E-state index in [-0.39, 0.29) is 0 Å². The zero-order valence-electron chi connectivity index (χ0n) is 11.5. The molecular formula is C17H17N3. The van der Waals surface area contributed by atoms with Crippen LogP contribution in [0.1, 0.15) is 11.3 Å². The van der Waals surface area contributed by atoms with Gasteiger partial charge in [0, 0.05) is 18.0 Å². The number of hydrogen-bond donors (Lipinski definition) is 1. The van der Waals surface area contributed by atoms with Gasteiger partial charge in [-0.25, -0.2) is 4.98 Å². The van der Waals surface area contributed by atoms with Crippen molar-refractivity contribution in [2.75, 3.05) is 0 Å². The van der Waals surface area contributed by atoms with E-state index in [9.17, 15) is 0 Å².